The normalized spacial score (nSPS) is 22.7. The molecule has 0 unspecified atom stereocenters. The summed E-state index contributed by atoms with van der Waals surface area (Å²) in [5.74, 6) is 0.356. The van der Waals surface area contributed by atoms with Crippen molar-refractivity contribution in [3.05, 3.63) is 64.3 Å². The average Bonchev–Trinajstić information content (AvgIpc) is 3.48. The number of sulfone groups is 1. The number of anilines is 2. The number of fused-ring (bicyclic) bond motifs is 2. The molecule has 1 fully saturated rings. The number of nitrogens with zero attached hydrogens (tertiary/aromatic N) is 5. The van der Waals surface area contributed by atoms with Crippen LogP contribution in [0.3, 0.4) is 0 Å². The Morgan fingerprint density at radius 3 is 2.69 bits per heavy atom. The van der Waals surface area contributed by atoms with Crippen molar-refractivity contribution in [2.75, 3.05) is 5.32 Å². The molecule has 0 spiro atoms. The van der Waals surface area contributed by atoms with Crippen LogP contribution < -0.4 is 10.9 Å². The topological polar surface area (TPSA) is 132 Å². The van der Waals surface area contributed by atoms with E-state index in [2.05, 4.69) is 15.4 Å². The van der Waals surface area contributed by atoms with Crippen LogP contribution in [0.25, 0.3) is 22.2 Å². The van der Waals surface area contributed by atoms with Crippen LogP contribution in [0.5, 0.6) is 0 Å². The van der Waals surface area contributed by atoms with Gasteiger partial charge in [-0.3, -0.25) is 14.0 Å². The highest BCUT2D eigenvalue weighted by Crippen LogP contribution is 2.40. The van der Waals surface area contributed by atoms with Crippen molar-refractivity contribution < 1.29 is 13.5 Å². The molecule has 1 saturated carbocycles. The maximum atomic E-state index is 13.8. The third kappa shape index (κ3) is 3.88. The zero-order valence-corrected chi connectivity index (χ0v) is 20.8. The van der Waals surface area contributed by atoms with E-state index >= 15 is 0 Å². The fraction of sp³-hybridized carbons (Fsp3) is 0.360. The minimum absolute atomic E-state index is 0.0177. The van der Waals surface area contributed by atoms with E-state index in [0.717, 1.165) is 17.5 Å². The summed E-state index contributed by atoms with van der Waals surface area (Å²) in [6.45, 7) is 1.76. The summed E-state index contributed by atoms with van der Waals surface area (Å²) in [5.41, 5.74) is 2.54. The molecule has 1 aromatic carbocycles. The third-order valence-corrected chi connectivity index (χ3v) is 8.69. The number of hydrogen-bond donors (Lipinski definition) is 2. The quantitative estimate of drug-likeness (QED) is 0.432. The monoisotopic (exact) mass is 506 g/mol. The van der Waals surface area contributed by atoms with Crippen molar-refractivity contribution in [2.24, 2.45) is 7.05 Å². The lowest BCUT2D eigenvalue weighted by atomic mass is 9.99. The first-order valence-electron chi connectivity index (χ1n) is 11.8. The van der Waals surface area contributed by atoms with Gasteiger partial charge in [0.05, 0.1) is 34.9 Å². The van der Waals surface area contributed by atoms with Gasteiger partial charge in [0.25, 0.3) is 5.56 Å². The number of rotatable bonds is 4. The minimum atomic E-state index is -3.11. The lowest BCUT2D eigenvalue weighted by molar-refractivity contribution is 0.0267. The molecule has 11 heteroatoms. The van der Waals surface area contributed by atoms with Gasteiger partial charge in [-0.1, -0.05) is 6.07 Å². The Kier molecular flexibility index (Phi) is 5.06. The van der Waals surface area contributed by atoms with Crippen LogP contribution >= 0.6 is 0 Å². The van der Waals surface area contributed by atoms with Gasteiger partial charge in [0.2, 0.25) is 5.95 Å². The summed E-state index contributed by atoms with van der Waals surface area (Å²) in [5, 5.41) is 19.1. The van der Waals surface area contributed by atoms with E-state index in [1.54, 1.807) is 66.1 Å². The van der Waals surface area contributed by atoms with E-state index in [9.17, 15) is 18.3 Å². The molecule has 0 amide bonds. The fourth-order valence-corrected chi connectivity index (χ4v) is 7.01. The van der Waals surface area contributed by atoms with Crippen molar-refractivity contribution in [3.63, 3.8) is 0 Å². The number of aryl methyl sites for hydroxylation is 1. The molecule has 3 aromatic heterocycles. The minimum Gasteiger partial charge on any atom is -0.388 e. The first-order valence-corrected chi connectivity index (χ1v) is 13.6. The number of aromatic nitrogens is 5. The Morgan fingerprint density at radius 1 is 1.17 bits per heavy atom. The van der Waals surface area contributed by atoms with Gasteiger partial charge in [0.15, 0.2) is 9.84 Å². The van der Waals surface area contributed by atoms with Crippen LogP contribution in [0.2, 0.25) is 0 Å². The van der Waals surface area contributed by atoms with E-state index < -0.39 is 21.5 Å². The van der Waals surface area contributed by atoms with Crippen LogP contribution in [0, 0.1) is 0 Å². The number of pyridine rings is 1. The maximum Gasteiger partial charge on any atom is 0.260 e. The summed E-state index contributed by atoms with van der Waals surface area (Å²) in [6, 6.07) is 6.73. The molecule has 0 saturated heterocycles. The Balaban J connectivity index is 1.47. The molecule has 2 atom stereocenters. The third-order valence-electron chi connectivity index (χ3n) is 7.19. The Bertz CT molecular complexity index is 1690. The highest BCUT2D eigenvalue weighted by atomic mass is 32.2. The second kappa shape index (κ2) is 7.97. The lowest BCUT2D eigenvalue weighted by Crippen LogP contribution is -2.38. The molecular weight excluding hydrogens is 480 g/mol. The average molecular weight is 507 g/mol. The van der Waals surface area contributed by atoms with Gasteiger partial charge in [-0.25, -0.2) is 13.4 Å². The van der Waals surface area contributed by atoms with Crippen LogP contribution in [-0.4, -0.2) is 43.4 Å². The van der Waals surface area contributed by atoms with Gasteiger partial charge in [-0.2, -0.15) is 10.1 Å². The van der Waals surface area contributed by atoms with Gasteiger partial charge in [0, 0.05) is 36.1 Å². The number of benzene rings is 1. The maximum absolute atomic E-state index is 13.8. The summed E-state index contributed by atoms with van der Waals surface area (Å²) in [4.78, 5) is 23.0. The van der Waals surface area contributed by atoms with Crippen molar-refractivity contribution >= 4 is 32.5 Å². The molecule has 0 bridgehead atoms. The van der Waals surface area contributed by atoms with Crippen LogP contribution in [-0.2, 0) is 28.4 Å². The molecule has 4 heterocycles. The zero-order valence-electron chi connectivity index (χ0n) is 20.0. The second-order valence-corrected chi connectivity index (χ2v) is 12.1. The van der Waals surface area contributed by atoms with E-state index in [1.807, 2.05) is 0 Å². The van der Waals surface area contributed by atoms with Gasteiger partial charge in [-0.15, -0.1) is 0 Å². The molecule has 4 aromatic rings. The zero-order chi connectivity index (χ0) is 25.2. The SMILES string of the molecule is Cn1cc(-c2cc3cnc(Nc4ccc5c(c4)CS(=O)(=O)C5)nc3n([C@@H]3CCC[C@@]3(C)O)c2=O)cn1. The molecule has 186 valence electrons. The molecule has 1 aliphatic heterocycles. The summed E-state index contributed by atoms with van der Waals surface area (Å²) >= 11 is 0. The molecule has 1 aliphatic carbocycles. The molecule has 0 radical (unpaired) electrons. The first-order chi connectivity index (χ1) is 17.1. The molecule has 36 heavy (non-hydrogen) atoms. The van der Waals surface area contributed by atoms with Crippen molar-refractivity contribution in [3.8, 4) is 11.1 Å². The second-order valence-electron chi connectivity index (χ2n) is 10.0. The highest BCUT2D eigenvalue weighted by molar-refractivity contribution is 7.90. The van der Waals surface area contributed by atoms with Crippen molar-refractivity contribution in [1.82, 2.24) is 24.3 Å². The summed E-state index contributed by atoms with van der Waals surface area (Å²) in [7, 11) is -1.32. The van der Waals surface area contributed by atoms with Gasteiger partial charge in [0.1, 0.15) is 5.65 Å². The standard InChI is InChI=1S/C25H26N6O4S/c1-25(33)7-3-4-21(25)31-22-16(9-20(23(31)32)18-11-27-30(2)12-18)10-26-24(29-22)28-19-6-5-15-13-36(34,35)14-17(15)8-19/h5-6,8-12,21,33H,3-4,7,13-14H2,1-2H3,(H,26,28,29)/t21-,25-/m1/s1. The molecule has 6 rings (SSSR count). The van der Waals surface area contributed by atoms with Crippen molar-refractivity contribution in [2.45, 2.75) is 49.3 Å². The predicted molar refractivity (Wildman–Crippen MR) is 136 cm³/mol. The summed E-state index contributed by atoms with van der Waals surface area (Å²) < 4.78 is 27.2. The lowest BCUT2D eigenvalue weighted by Gasteiger charge is -2.28. The largest absolute Gasteiger partial charge is 0.388 e. The fourth-order valence-electron chi connectivity index (χ4n) is 5.41. The van der Waals surface area contributed by atoms with Crippen LogP contribution in [0.1, 0.15) is 43.4 Å². The van der Waals surface area contributed by atoms with E-state index in [0.29, 0.717) is 40.7 Å². The van der Waals surface area contributed by atoms with Gasteiger partial charge in [-0.05, 0) is 55.5 Å². The van der Waals surface area contributed by atoms with Crippen LogP contribution in [0.15, 0.2) is 47.7 Å². The Morgan fingerprint density at radius 2 is 1.97 bits per heavy atom. The number of hydrogen-bond acceptors (Lipinski definition) is 8. The van der Waals surface area contributed by atoms with Gasteiger partial charge >= 0.3 is 0 Å². The van der Waals surface area contributed by atoms with Gasteiger partial charge < -0.3 is 10.4 Å². The molecule has 2 N–H and O–H groups in total. The van der Waals surface area contributed by atoms with E-state index in [-0.39, 0.29) is 23.0 Å². The molecule has 2 aliphatic rings. The van der Waals surface area contributed by atoms with Crippen LogP contribution in [0.4, 0.5) is 11.6 Å². The van der Waals surface area contributed by atoms with E-state index in [1.165, 1.54) is 0 Å². The molecule has 10 nitrogen and oxygen atoms in total. The van der Waals surface area contributed by atoms with E-state index in [4.69, 9.17) is 4.98 Å². The molecular formula is C25H26N6O4S. The van der Waals surface area contributed by atoms with Crippen molar-refractivity contribution in [1.29, 1.82) is 0 Å². The predicted octanol–water partition coefficient (Wildman–Crippen LogP) is 2.84. The Labute approximate surface area is 207 Å². The first kappa shape index (κ1) is 22.9. The smallest absolute Gasteiger partial charge is 0.260 e. The summed E-state index contributed by atoms with van der Waals surface area (Å²) in [6.07, 6.45) is 7.13. The Hall–Kier alpha value is -3.57. The number of aliphatic hydroxyl groups is 1. The number of nitrogens with one attached hydrogen (secondary N) is 1. The highest BCUT2D eigenvalue weighted by Gasteiger charge is 2.40.